The molecule has 1 aromatic heterocycles. The molecule has 0 radical (unpaired) electrons. The molecule has 4 saturated carbocycles. The summed E-state index contributed by atoms with van der Waals surface area (Å²) in [5, 5.41) is 23.2. The quantitative estimate of drug-likeness (QED) is 0.765. The molecular weight excluding hydrogens is 406 g/mol. The molecular formula is C24H27N5O3. The number of nitrogens with one attached hydrogen (secondary N) is 1. The van der Waals surface area contributed by atoms with E-state index in [2.05, 4.69) is 21.4 Å². The van der Waals surface area contributed by atoms with Crippen molar-refractivity contribution in [3.63, 3.8) is 0 Å². The van der Waals surface area contributed by atoms with Gasteiger partial charge in [0.2, 0.25) is 0 Å². The molecule has 4 bridgehead atoms. The fraction of sp³-hybridized carbons (Fsp3) is 0.583. The van der Waals surface area contributed by atoms with Crippen molar-refractivity contribution in [1.29, 1.82) is 5.26 Å². The van der Waals surface area contributed by atoms with E-state index in [1.807, 2.05) is 0 Å². The van der Waals surface area contributed by atoms with Crippen LogP contribution in [0.2, 0.25) is 0 Å². The fourth-order valence-corrected chi connectivity index (χ4v) is 6.72. The summed E-state index contributed by atoms with van der Waals surface area (Å²) in [6.07, 6.45) is 6.86. The minimum absolute atomic E-state index is 0.0454. The van der Waals surface area contributed by atoms with Crippen LogP contribution in [-0.2, 0) is 4.74 Å². The molecule has 5 fully saturated rings. The molecule has 1 amide bonds. The lowest BCUT2D eigenvalue weighted by atomic mass is 9.53. The zero-order valence-electron chi connectivity index (χ0n) is 17.9. The molecule has 3 unspecified atom stereocenters. The van der Waals surface area contributed by atoms with Gasteiger partial charge < -0.3 is 20.1 Å². The number of aromatic nitrogens is 2. The maximum absolute atomic E-state index is 12.9. The molecule has 7 rings (SSSR count). The number of amides is 1. The van der Waals surface area contributed by atoms with E-state index in [0.717, 1.165) is 44.0 Å². The summed E-state index contributed by atoms with van der Waals surface area (Å²) in [5.41, 5.74) is 1.46. The first-order valence-electron chi connectivity index (χ1n) is 11.6. The van der Waals surface area contributed by atoms with Crippen molar-refractivity contribution in [1.82, 2.24) is 14.9 Å². The number of hydrogen-bond acceptors (Lipinski definition) is 7. The average Bonchev–Trinajstić information content (AvgIpc) is 3.23. The molecule has 2 heterocycles. The number of likely N-dealkylation sites (tertiary alicyclic amines) is 1. The maximum atomic E-state index is 12.9. The molecule has 1 saturated heterocycles. The van der Waals surface area contributed by atoms with E-state index in [9.17, 15) is 9.90 Å². The monoisotopic (exact) mass is 433 g/mol. The van der Waals surface area contributed by atoms with Gasteiger partial charge in [0.25, 0.3) is 0 Å². The van der Waals surface area contributed by atoms with Crippen molar-refractivity contribution in [2.45, 2.75) is 56.3 Å². The Bertz CT molecular complexity index is 1100. The van der Waals surface area contributed by atoms with Crippen LogP contribution in [0.15, 0.2) is 24.4 Å². The average molecular weight is 434 g/mol. The highest BCUT2D eigenvalue weighted by Gasteiger charge is 2.56. The molecule has 5 aliphatic rings. The van der Waals surface area contributed by atoms with Crippen molar-refractivity contribution >= 4 is 22.9 Å². The first-order chi connectivity index (χ1) is 15.5. The number of carbonyl (C=O) groups excluding carboxylic acids is 1. The summed E-state index contributed by atoms with van der Waals surface area (Å²) >= 11 is 0. The number of aliphatic hydroxyl groups is 1. The Morgan fingerprint density at radius 3 is 2.81 bits per heavy atom. The van der Waals surface area contributed by atoms with E-state index in [0.29, 0.717) is 47.7 Å². The van der Waals surface area contributed by atoms with Gasteiger partial charge in [-0.3, -0.25) is 4.98 Å². The molecule has 6 atom stereocenters. The van der Waals surface area contributed by atoms with Crippen LogP contribution in [0.5, 0.6) is 0 Å². The van der Waals surface area contributed by atoms with E-state index < -0.39 is 5.60 Å². The first kappa shape index (κ1) is 19.7. The number of carbonyl (C=O) groups is 1. The van der Waals surface area contributed by atoms with E-state index in [1.165, 1.54) is 0 Å². The molecule has 4 aliphatic carbocycles. The number of ether oxygens (including phenoxy) is 1. The Morgan fingerprint density at radius 1 is 1.25 bits per heavy atom. The van der Waals surface area contributed by atoms with Gasteiger partial charge >= 0.3 is 6.09 Å². The van der Waals surface area contributed by atoms with Crippen molar-refractivity contribution < 1.29 is 14.6 Å². The number of benzene rings is 1. The summed E-state index contributed by atoms with van der Waals surface area (Å²) < 4.78 is 6.03. The molecule has 1 aliphatic heterocycles. The second kappa shape index (κ2) is 7.31. The Balaban J connectivity index is 1.07. The van der Waals surface area contributed by atoms with Gasteiger partial charge in [-0.2, -0.15) is 5.26 Å². The minimum atomic E-state index is -0.515. The standard InChI is InChI=1S/C24H27N5O3/c25-11-14-1-2-19-20(7-14)26-12-21(28-19)27-18-3-4-29(13-18)23(30)32-22-16-5-15-6-17(22)10-24(31,8-15)9-16/h1-2,7,12,15-18,22,31H,3-6,8-10,13H2,(H,27,28)/t15?,16-,17?,18+,22?,24-/m0/s1. The Morgan fingerprint density at radius 2 is 2.06 bits per heavy atom. The zero-order chi connectivity index (χ0) is 21.9. The number of rotatable bonds is 3. The van der Waals surface area contributed by atoms with Crippen molar-refractivity contribution in [2.75, 3.05) is 18.4 Å². The summed E-state index contributed by atoms with van der Waals surface area (Å²) in [6.45, 7) is 1.22. The van der Waals surface area contributed by atoms with Gasteiger partial charge in [0.1, 0.15) is 11.9 Å². The molecule has 2 aromatic rings. The lowest BCUT2D eigenvalue weighted by Crippen LogP contribution is -2.58. The van der Waals surface area contributed by atoms with Gasteiger partial charge in [-0.25, -0.2) is 9.78 Å². The highest BCUT2D eigenvalue weighted by atomic mass is 16.6. The SMILES string of the molecule is N#Cc1ccc2nc(N[C@@H]3CCN(C(=O)OC4C5CC6C[C@H]4C[C@@](O)(C6)C5)C3)cnc2c1. The minimum Gasteiger partial charge on any atom is -0.446 e. The summed E-state index contributed by atoms with van der Waals surface area (Å²) in [4.78, 5) is 23.7. The molecule has 8 nitrogen and oxygen atoms in total. The second-order valence-corrected chi connectivity index (χ2v) is 10.2. The second-order valence-electron chi connectivity index (χ2n) is 10.2. The number of nitrogens with zero attached hydrogens (tertiary/aromatic N) is 4. The normalized spacial score (nSPS) is 35.1. The molecule has 1 aromatic carbocycles. The molecule has 2 N–H and O–H groups in total. The Labute approximate surface area is 186 Å². The van der Waals surface area contributed by atoms with E-state index in [4.69, 9.17) is 10.00 Å². The van der Waals surface area contributed by atoms with Crippen LogP contribution in [0.25, 0.3) is 11.0 Å². The van der Waals surface area contributed by atoms with E-state index in [-0.39, 0.29) is 18.2 Å². The number of nitriles is 1. The lowest BCUT2D eigenvalue weighted by molar-refractivity contribution is -0.177. The van der Waals surface area contributed by atoms with Crippen molar-refractivity contribution in [2.24, 2.45) is 17.8 Å². The molecule has 32 heavy (non-hydrogen) atoms. The highest BCUT2D eigenvalue weighted by molar-refractivity contribution is 5.77. The molecule has 166 valence electrons. The van der Waals surface area contributed by atoms with Gasteiger partial charge in [0.05, 0.1) is 34.5 Å². The maximum Gasteiger partial charge on any atom is 0.410 e. The third-order valence-corrected chi connectivity index (χ3v) is 7.86. The van der Waals surface area contributed by atoms with Crippen molar-refractivity contribution in [3.8, 4) is 6.07 Å². The summed E-state index contributed by atoms with van der Waals surface area (Å²) in [5.74, 6) is 1.88. The van der Waals surface area contributed by atoms with Crippen LogP contribution in [0.4, 0.5) is 10.6 Å². The van der Waals surface area contributed by atoms with E-state index >= 15 is 0 Å². The third-order valence-electron chi connectivity index (χ3n) is 7.86. The van der Waals surface area contributed by atoms with Crippen LogP contribution < -0.4 is 5.32 Å². The van der Waals surface area contributed by atoms with Crippen LogP contribution in [0.3, 0.4) is 0 Å². The number of hydrogen-bond donors (Lipinski definition) is 2. The van der Waals surface area contributed by atoms with E-state index in [1.54, 1.807) is 29.3 Å². The predicted octanol–water partition coefficient (Wildman–Crippen LogP) is 3.06. The summed E-state index contributed by atoms with van der Waals surface area (Å²) in [6, 6.07) is 7.46. The largest absolute Gasteiger partial charge is 0.446 e. The lowest BCUT2D eigenvalue weighted by Gasteiger charge is -2.57. The summed E-state index contributed by atoms with van der Waals surface area (Å²) in [7, 11) is 0. The fourth-order valence-electron chi connectivity index (χ4n) is 6.72. The number of fused-ring (bicyclic) bond motifs is 1. The van der Waals surface area contributed by atoms with Crippen LogP contribution in [0.1, 0.15) is 44.1 Å². The molecule has 0 spiro atoms. The predicted molar refractivity (Wildman–Crippen MR) is 117 cm³/mol. The van der Waals surface area contributed by atoms with Gasteiger partial charge in [-0.05, 0) is 74.5 Å². The van der Waals surface area contributed by atoms with Gasteiger partial charge in [0, 0.05) is 19.1 Å². The third kappa shape index (κ3) is 3.45. The van der Waals surface area contributed by atoms with Crippen LogP contribution in [0, 0.1) is 29.1 Å². The van der Waals surface area contributed by atoms with Crippen LogP contribution >= 0.6 is 0 Å². The topological polar surface area (TPSA) is 111 Å². The zero-order valence-corrected chi connectivity index (χ0v) is 17.9. The Hall–Kier alpha value is -2.92. The van der Waals surface area contributed by atoms with Gasteiger partial charge in [-0.1, -0.05) is 0 Å². The Kier molecular flexibility index (Phi) is 4.51. The molecule has 8 heteroatoms. The van der Waals surface area contributed by atoms with Crippen LogP contribution in [-0.4, -0.2) is 56.9 Å². The highest BCUT2D eigenvalue weighted by Crippen LogP contribution is 2.56. The first-order valence-corrected chi connectivity index (χ1v) is 11.6. The number of anilines is 1. The van der Waals surface area contributed by atoms with Gasteiger partial charge in [-0.15, -0.1) is 0 Å². The smallest absolute Gasteiger partial charge is 0.410 e. The van der Waals surface area contributed by atoms with Crippen molar-refractivity contribution in [3.05, 3.63) is 30.0 Å². The van der Waals surface area contributed by atoms with Gasteiger partial charge in [0.15, 0.2) is 0 Å².